The Morgan fingerprint density at radius 2 is 2.18 bits per heavy atom. The molecule has 11 heavy (non-hydrogen) atoms. The first-order valence-electron chi connectivity index (χ1n) is 2.54. The van der Waals surface area contributed by atoms with Gasteiger partial charge in [0.05, 0.1) is 11.8 Å². The fourth-order valence-corrected chi connectivity index (χ4v) is 0.529. The molecule has 0 atom stereocenters. The van der Waals surface area contributed by atoms with E-state index in [9.17, 15) is 9.18 Å². The van der Waals surface area contributed by atoms with Crippen molar-refractivity contribution in [3.63, 3.8) is 0 Å². The predicted octanol–water partition coefficient (Wildman–Crippen LogP) is 1.34. The van der Waals surface area contributed by atoms with E-state index in [1.54, 1.807) is 0 Å². The number of aromatic carboxylic acids is 1. The smallest absolute Gasteiger partial charge is 0.337 e. The molecule has 0 spiro atoms. The molecule has 0 bridgehead atoms. The molecule has 0 unspecified atom stereocenters. The molecule has 0 aliphatic heterocycles. The summed E-state index contributed by atoms with van der Waals surface area (Å²) in [5, 5.41) is 8.30. The van der Waals surface area contributed by atoms with E-state index in [2.05, 4.69) is 4.98 Å². The average Bonchev–Trinajstić information content (AvgIpc) is 1.88. The molecule has 0 amide bonds. The maximum atomic E-state index is 12.2. The molecular weight excluding hydrogens is 173 g/mol. The Morgan fingerprint density at radius 1 is 1.55 bits per heavy atom. The summed E-state index contributed by atoms with van der Waals surface area (Å²) in [6, 6.07) is 0.912. The zero-order chi connectivity index (χ0) is 7.56. The Morgan fingerprint density at radius 3 is 2.55 bits per heavy atom. The summed E-state index contributed by atoms with van der Waals surface area (Å²) >= 11 is 0. The van der Waals surface area contributed by atoms with E-state index < -0.39 is 11.8 Å². The van der Waals surface area contributed by atoms with Crippen LogP contribution in [-0.2, 0) is 0 Å². The largest absolute Gasteiger partial charge is 0.478 e. The van der Waals surface area contributed by atoms with Gasteiger partial charge in [-0.15, -0.1) is 12.4 Å². The van der Waals surface area contributed by atoms with Crippen LogP contribution in [0.2, 0.25) is 0 Å². The van der Waals surface area contributed by atoms with Gasteiger partial charge in [0.15, 0.2) is 0 Å². The van der Waals surface area contributed by atoms with Crippen molar-refractivity contribution in [2.24, 2.45) is 0 Å². The van der Waals surface area contributed by atoms with Crippen LogP contribution < -0.4 is 0 Å². The van der Waals surface area contributed by atoms with Gasteiger partial charge in [0.1, 0.15) is 5.82 Å². The molecule has 0 aliphatic rings. The molecule has 3 nitrogen and oxygen atoms in total. The lowest BCUT2D eigenvalue weighted by Gasteiger charge is -1.90. The van der Waals surface area contributed by atoms with Crippen LogP contribution in [0.15, 0.2) is 18.5 Å². The van der Waals surface area contributed by atoms with E-state index in [1.807, 2.05) is 0 Å². The molecule has 60 valence electrons. The third kappa shape index (κ3) is 2.51. The van der Waals surface area contributed by atoms with Crippen LogP contribution >= 0.6 is 12.4 Å². The van der Waals surface area contributed by atoms with E-state index in [0.717, 1.165) is 18.5 Å². The number of halogens is 2. The van der Waals surface area contributed by atoms with Crippen LogP contribution in [0.5, 0.6) is 0 Å². The van der Waals surface area contributed by atoms with Gasteiger partial charge in [-0.1, -0.05) is 0 Å². The molecule has 1 rings (SSSR count). The van der Waals surface area contributed by atoms with Crippen molar-refractivity contribution in [1.29, 1.82) is 0 Å². The van der Waals surface area contributed by atoms with Crippen LogP contribution in [0, 0.1) is 5.82 Å². The molecule has 1 N–H and O–H groups in total. The first-order chi connectivity index (χ1) is 4.70. The Kier molecular flexibility index (Phi) is 3.47. The summed E-state index contributed by atoms with van der Waals surface area (Å²) in [7, 11) is 0. The lowest BCUT2D eigenvalue weighted by Crippen LogP contribution is -1.97. The van der Waals surface area contributed by atoms with E-state index in [0.29, 0.717) is 0 Å². The van der Waals surface area contributed by atoms with Gasteiger partial charge in [-0.2, -0.15) is 0 Å². The number of hydrogen-bond donors (Lipinski definition) is 1. The number of carboxylic acids is 1. The minimum Gasteiger partial charge on any atom is -0.478 e. The van der Waals surface area contributed by atoms with Crippen LogP contribution in [0.3, 0.4) is 0 Å². The minimum atomic E-state index is -1.17. The second kappa shape index (κ2) is 3.88. The molecule has 0 radical (unpaired) electrons. The summed E-state index contributed by atoms with van der Waals surface area (Å²) in [5.74, 6) is -1.81. The van der Waals surface area contributed by atoms with Crippen molar-refractivity contribution in [3.8, 4) is 0 Å². The highest BCUT2D eigenvalue weighted by atomic mass is 35.5. The highest BCUT2D eigenvalue weighted by Crippen LogP contribution is 1.99. The highest BCUT2D eigenvalue weighted by Gasteiger charge is 2.02. The van der Waals surface area contributed by atoms with Gasteiger partial charge in [0.2, 0.25) is 0 Å². The minimum absolute atomic E-state index is 0. The van der Waals surface area contributed by atoms with Crippen molar-refractivity contribution in [1.82, 2.24) is 4.98 Å². The maximum Gasteiger partial charge on any atom is 0.337 e. The Hall–Kier alpha value is -1.16. The maximum absolute atomic E-state index is 12.2. The van der Waals surface area contributed by atoms with Gasteiger partial charge >= 0.3 is 5.97 Å². The van der Waals surface area contributed by atoms with Gasteiger partial charge in [-0.3, -0.25) is 4.98 Å². The standard InChI is InChI=1S/C6H4FNO2.ClH/c7-5-1-4(6(9)10)2-8-3-5;/h1-3H,(H,9,10);1H. The Balaban J connectivity index is 0.000001000. The first kappa shape index (κ1) is 9.84. The second-order valence-electron chi connectivity index (χ2n) is 1.70. The van der Waals surface area contributed by atoms with Crippen LogP contribution in [0.25, 0.3) is 0 Å². The van der Waals surface area contributed by atoms with Crippen LogP contribution in [-0.4, -0.2) is 16.1 Å². The van der Waals surface area contributed by atoms with Gasteiger partial charge < -0.3 is 5.11 Å². The van der Waals surface area contributed by atoms with Crippen molar-refractivity contribution < 1.29 is 14.3 Å². The Labute approximate surface area is 68.3 Å². The fraction of sp³-hybridized carbons (Fsp3) is 0. The van der Waals surface area contributed by atoms with Crippen molar-refractivity contribution in [2.75, 3.05) is 0 Å². The number of nitrogens with zero attached hydrogens (tertiary/aromatic N) is 1. The fourth-order valence-electron chi connectivity index (χ4n) is 0.529. The second-order valence-corrected chi connectivity index (χ2v) is 1.70. The lowest BCUT2D eigenvalue weighted by atomic mass is 10.3. The SMILES string of the molecule is Cl.O=C(O)c1cncc(F)c1. The van der Waals surface area contributed by atoms with E-state index in [1.165, 1.54) is 0 Å². The van der Waals surface area contributed by atoms with Gasteiger partial charge in [-0.05, 0) is 6.07 Å². The monoisotopic (exact) mass is 177 g/mol. The van der Waals surface area contributed by atoms with E-state index >= 15 is 0 Å². The molecule has 5 heteroatoms. The first-order valence-corrected chi connectivity index (χ1v) is 2.54. The number of aromatic nitrogens is 1. The number of hydrogen-bond acceptors (Lipinski definition) is 2. The lowest BCUT2D eigenvalue weighted by molar-refractivity contribution is 0.0696. The van der Waals surface area contributed by atoms with Crippen molar-refractivity contribution >= 4 is 18.4 Å². The van der Waals surface area contributed by atoms with Gasteiger partial charge in [0, 0.05) is 6.20 Å². The number of carboxylic acid groups (broad SMARTS) is 1. The molecule has 1 heterocycles. The molecule has 1 aromatic rings. The zero-order valence-electron chi connectivity index (χ0n) is 5.32. The summed E-state index contributed by atoms with van der Waals surface area (Å²) in [5.41, 5.74) is -0.139. The normalized spacial score (nSPS) is 8.45. The van der Waals surface area contributed by atoms with Crippen molar-refractivity contribution in [3.05, 3.63) is 29.8 Å². The quantitative estimate of drug-likeness (QED) is 0.704. The average molecular weight is 178 g/mol. The van der Waals surface area contributed by atoms with Crippen LogP contribution in [0.4, 0.5) is 4.39 Å². The van der Waals surface area contributed by atoms with E-state index in [4.69, 9.17) is 5.11 Å². The molecule has 0 saturated heterocycles. The molecule has 1 aromatic heterocycles. The molecule has 0 aromatic carbocycles. The molecule has 0 saturated carbocycles. The molecule has 0 aliphatic carbocycles. The topological polar surface area (TPSA) is 50.2 Å². The summed E-state index contributed by atoms with van der Waals surface area (Å²) in [6.45, 7) is 0. The summed E-state index contributed by atoms with van der Waals surface area (Å²) in [4.78, 5) is 13.5. The predicted molar refractivity (Wildman–Crippen MR) is 38.4 cm³/mol. The summed E-state index contributed by atoms with van der Waals surface area (Å²) < 4.78 is 12.2. The van der Waals surface area contributed by atoms with Crippen molar-refractivity contribution in [2.45, 2.75) is 0 Å². The molecular formula is C6H5ClFNO2. The number of pyridine rings is 1. The van der Waals surface area contributed by atoms with E-state index in [-0.39, 0.29) is 18.0 Å². The number of carbonyl (C=O) groups is 1. The van der Waals surface area contributed by atoms with Gasteiger partial charge in [-0.25, -0.2) is 9.18 Å². The third-order valence-electron chi connectivity index (χ3n) is 0.952. The highest BCUT2D eigenvalue weighted by molar-refractivity contribution is 5.87. The molecule has 0 fully saturated rings. The third-order valence-corrected chi connectivity index (χ3v) is 0.952. The Bertz CT molecular complexity index is 267. The van der Waals surface area contributed by atoms with Crippen LogP contribution in [0.1, 0.15) is 10.4 Å². The summed E-state index contributed by atoms with van der Waals surface area (Å²) in [6.07, 6.45) is 2.04. The van der Waals surface area contributed by atoms with Gasteiger partial charge in [0.25, 0.3) is 0 Å². The zero-order valence-corrected chi connectivity index (χ0v) is 6.14. The number of rotatable bonds is 1.